The molecule has 1 aliphatic rings. The summed E-state index contributed by atoms with van der Waals surface area (Å²) in [7, 11) is 0. The summed E-state index contributed by atoms with van der Waals surface area (Å²) >= 11 is 0. The van der Waals surface area contributed by atoms with Crippen LogP contribution in [0.15, 0.2) is 30.3 Å². The zero-order chi connectivity index (χ0) is 14.5. The number of nitrogens with one attached hydrogen (secondary N) is 1. The Hall–Kier alpha value is -1.77. The maximum Gasteiger partial charge on any atom is 0.244 e. The number of carbonyl (C=O) groups excluding carboxylic acids is 1. The standard InChI is InChI=1S/C17H24N2O/c1-12-4-3-5-16(13(12)2)19-17(20)11-8-14-6-9-15(18)10-7-14/h6-13,16H,3-5,18H2,1-2H3,(H,19,20)/b11-8+. The van der Waals surface area contributed by atoms with Gasteiger partial charge in [0.25, 0.3) is 0 Å². The third kappa shape index (κ3) is 3.86. The lowest BCUT2D eigenvalue weighted by molar-refractivity contribution is -0.117. The summed E-state index contributed by atoms with van der Waals surface area (Å²) < 4.78 is 0. The van der Waals surface area contributed by atoms with Crippen molar-refractivity contribution in [2.45, 2.75) is 39.2 Å². The van der Waals surface area contributed by atoms with Crippen LogP contribution < -0.4 is 11.1 Å². The molecule has 20 heavy (non-hydrogen) atoms. The van der Waals surface area contributed by atoms with Crippen LogP contribution in [0.4, 0.5) is 5.69 Å². The molecule has 3 unspecified atom stereocenters. The van der Waals surface area contributed by atoms with Crippen LogP contribution in [0, 0.1) is 11.8 Å². The molecule has 3 atom stereocenters. The van der Waals surface area contributed by atoms with Crippen LogP contribution in [0.25, 0.3) is 6.08 Å². The molecule has 3 heteroatoms. The smallest absolute Gasteiger partial charge is 0.244 e. The van der Waals surface area contributed by atoms with E-state index in [0.717, 1.165) is 17.7 Å². The van der Waals surface area contributed by atoms with E-state index < -0.39 is 0 Å². The Morgan fingerprint density at radius 1 is 1.25 bits per heavy atom. The number of rotatable bonds is 3. The molecule has 0 spiro atoms. The van der Waals surface area contributed by atoms with Gasteiger partial charge in [-0.3, -0.25) is 4.79 Å². The second kappa shape index (κ2) is 6.60. The van der Waals surface area contributed by atoms with Gasteiger partial charge in [0.05, 0.1) is 0 Å². The molecule has 1 aliphatic carbocycles. The van der Waals surface area contributed by atoms with E-state index in [4.69, 9.17) is 5.73 Å². The number of carbonyl (C=O) groups is 1. The highest BCUT2D eigenvalue weighted by Crippen LogP contribution is 2.29. The fourth-order valence-corrected chi connectivity index (χ4v) is 2.80. The molecule has 1 amide bonds. The van der Waals surface area contributed by atoms with Crippen molar-refractivity contribution in [2.24, 2.45) is 11.8 Å². The van der Waals surface area contributed by atoms with Crippen molar-refractivity contribution in [3.63, 3.8) is 0 Å². The van der Waals surface area contributed by atoms with E-state index in [0.29, 0.717) is 17.9 Å². The lowest BCUT2D eigenvalue weighted by Crippen LogP contribution is -2.43. The summed E-state index contributed by atoms with van der Waals surface area (Å²) in [6.07, 6.45) is 7.00. The first-order valence-corrected chi connectivity index (χ1v) is 7.40. The molecule has 3 N–H and O–H groups in total. The predicted molar refractivity (Wildman–Crippen MR) is 84.0 cm³/mol. The normalized spacial score (nSPS) is 26.6. The number of anilines is 1. The zero-order valence-corrected chi connectivity index (χ0v) is 12.3. The molecule has 0 aromatic heterocycles. The average Bonchev–Trinajstić information content (AvgIpc) is 2.43. The molecule has 1 saturated carbocycles. The molecule has 0 saturated heterocycles. The molecule has 3 nitrogen and oxygen atoms in total. The second-order valence-corrected chi connectivity index (χ2v) is 5.88. The Balaban J connectivity index is 1.90. The van der Waals surface area contributed by atoms with E-state index in [-0.39, 0.29) is 5.91 Å². The van der Waals surface area contributed by atoms with Crippen LogP contribution >= 0.6 is 0 Å². The van der Waals surface area contributed by atoms with Crippen molar-refractivity contribution in [3.8, 4) is 0 Å². The average molecular weight is 272 g/mol. The maximum absolute atomic E-state index is 12.0. The van der Waals surface area contributed by atoms with Crippen molar-refractivity contribution in [3.05, 3.63) is 35.9 Å². The molecular weight excluding hydrogens is 248 g/mol. The molecule has 2 rings (SSSR count). The molecule has 1 aromatic rings. The fourth-order valence-electron chi connectivity index (χ4n) is 2.80. The Bertz CT molecular complexity index is 478. The Labute approximate surface area is 121 Å². The van der Waals surface area contributed by atoms with Gasteiger partial charge in [0.15, 0.2) is 0 Å². The highest BCUT2D eigenvalue weighted by atomic mass is 16.1. The first kappa shape index (κ1) is 14.6. The molecule has 0 radical (unpaired) electrons. The van der Waals surface area contributed by atoms with Crippen LogP contribution in [-0.4, -0.2) is 11.9 Å². The van der Waals surface area contributed by atoms with Gasteiger partial charge < -0.3 is 11.1 Å². The van der Waals surface area contributed by atoms with Gasteiger partial charge in [-0.25, -0.2) is 0 Å². The van der Waals surface area contributed by atoms with Gasteiger partial charge in [-0.15, -0.1) is 0 Å². The topological polar surface area (TPSA) is 55.1 Å². The predicted octanol–water partition coefficient (Wildman–Crippen LogP) is 3.22. The van der Waals surface area contributed by atoms with E-state index in [1.54, 1.807) is 6.08 Å². The number of benzene rings is 1. The van der Waals surface area contributed by atoms with Crippen molar-refractivity contribution in [2.75, 3.05) is 5.73 Å². The molecule has 1 aromatic carbocycles. The van der Waals surface area contributed by atoms with Crippen LogP contribution in [0.5, 0.6) is 0 Å². The summed E-state index contributed by atoms with van der Waals surface area (Å²) in [6.45, 7) is 4.51. The minimum atomic E-state index is -0.00669. The van der Waals surface area contributed by atoms with Crippen LogP contribution in [0.1, 0.15) is 38.7 Å². The van der Waals surface area contributed by atoms with Crippen molar-refractivity contribution < 1.29 is 4.79 Å². The van der Waals surface area contributed by atoms with Crippen LogP contribution in [0.2, 0.25) is 0 Å². The van der Waals surface area contributed by atoms with Gasteiger partial charge in [-0.05, 0) is 42.0 Å². The lowest BCUT2D eigenvalue weighted by atomic mass is 9.78. The quantitative estimate of drug-likeness (QED) is 0.655. The van der Waals surface area contributed by atoms with Gasteiger partial charge in [0.2, 0.25) is 5.91 Å². The number of nitrogen functional groups attached to an aromatic ring is 1. The van der Waals surface area contributed by atoms with E-state index in [2.05, 4.69) is 19.2 Å². The molecule has 108 valence electrons. The summed E-state index contributed by atoms with van der Waals surface area (Å²) in [5.41, 5.74) is 7.35. The van der Waals surface area contributed by atoms with Gasteiger partial charge in [-0.1, -0.05) is 38.8 Å². The minimum Gasteiger partial charge on any atom is -0.399 e. The third-order valence-electron chi connectivity index (χ3n) is 4.40. The van der Waals surface area contributed by atoms with Crippen molar-refractivity contribution >= 4 is 17.7 Å². The highest BCUT2D eigenvalue weighted by molar-refractivity contribution is 5.91. The van der Waals surface area contributed by atoms with Gasteiger partial charge >= 0.3 is 0 Å². The molecule has 0 heterocycles. The Morgan fingerprint density at radius 2 is 1.95 bits per heavy atom. The van der Waals surface area contributed by atoms with E-state index in [1.165, 1.54) is 12.8 Å². The van der Waals surface area contributed by atoms with Crippen molar-refractivity contribution in [1.29, 1.82) is 0 Å². The minimum absolute atomic E-state index is 0.00669. The van der Waals surface area contributed by atoms with E-state index in [1.807, 2.05) is 30.3 Å². The van der Waals surface area contributed by atoms with Gasteiger partial charge in [0.1, 0.15) is 0 Å². The second-order valence-electron chi connectivity index (χ2n) is 5.88. The lowest BCUT2D eigenvalue weighted by Gasteiger charge is -2.34. The Morgan fingerprint density at radius 3 is 2.65 bits per heavy atom. The first-order chi connectivity index (χ1) is 9.56. The number of hydrogen-bond donors (Lipinski definition) is 2. The highest BCUT2D eigenvalue weighted by Gasteiger charge is 2.27. The van der Waals surface area contributed by atoms with Gasteiger partial charge in [-0.2, -0.15) is 0 Å². The van der Waals surface area contributed by atoms with Crippen LogP contribution in [-0.2, 0) is 4.79 Å². The van der Waals surface area contributed by atoms with Gasteiger partial charge in [0, 0.05) is 17.8 Å². The van der Waals surface area contributed by atoms with Crippen LogP contribution in [0.3, 0.4) is 0 Å². The zero-order valence-electron chi connectivity index (χ0n) is 12.3. The third-order valence-corrected chi connectivity index (χ3v) is 4.40. The SMILES string of the molecule is CC1CCCC(NC(=O)/C=C/c2ccc(N)cc2)C1C. The van der Waals surface area contributed by atoms with E-state index >= 15 is 0 Å². The summed E-state index contributed by atoms with van der Waals surface area (Å²) in [4.78, 5) is 12.0. The number of nitrogens with two attached hydrogens (primary N) is 1. The molecule has 1 fully saturated rings. The molecular formula is C17H24N2O. The molecule has 0 aliphatic heterocycles. The summed E-state index contributed by atoms with van der Waals surface area (Å²) in [6, 6.07) is 7.79. The van der Waals surface area contributed by atoms with E-state index in [9.17, 15) is 4.79 Å². The first-order valence-electron chi connectivity index (χ1n) is 7.40. The number of amides is 1. The maximum atomic E-state index is 12.0. The monoisotopic (exact) mass is 272 g/mol. The molecule has 0 bridgehead atoms. The summed E-state index contributed by atoms with van der Waals surface area (Å²) in [5.74, 6) is 1.24. The Kier molecular flexibility index (Phi) is 4.83. The summed E-state index contributed by atoms with van der Waals surface area (Å²) in [5, 5.41) is 3.13. The largest absolute Gasteiger partial charge is 0.399 e. The van der Waals surface area contributed by atoms with Crippen molar-refractivity contribution in [1.82, 2.24) is 5.32 Å². The fraction of sp³-hybridized carbons (Fsp3) is 0.471. The number of hydrogen-bond acceptors (Lipinski definition) is 2.